The van der Waals surface area contributed by atoms with Gasteiger partial charge in [-0.2, -0.15) is 0 Å². The van der Waals surface area contributed by atoms with Gasteiger partial charge in [0, 0.05) is 18.6 Å². The average Bonchev–Trinajstić information content (AvgIpc) is 2.98. The SMILES string of the molecule is CCN(Cc1ccco1)C1(CN)CN2CCC1CC2. The van der Waals surface area contributed by atoms with Gasteiger partial charge in [0.2, 0.25) is 0 Å². The summed E-state index contributed by atoms with van der Waals surface area (Å²) in [5.74, 6) is 1.79. The molecular weight excluding hydrogens is 238 g/mol. The highest BCUT2D eigenvalue weighted by molar-refractivity contribution is 5.08. The van der Waals surface area contributed by atoms with Crippen molar-refractivity contribution < 1.29 is 4.42 Å². The van der Waals surface area contributed by atoms with E-state index in [1.54, 1.807) is 6.26 Å². The van der Waals surface area contributed by atoms with E-state index in [2.05, 4.69) is 22.8 Å². The second-order valence-corrected chi connectivity index (χ2v) is 5.95. The molecule has 3 saturated heterocycles. The summed E-state index contributed by atoms with van der Waals surface area (Å²) in [6.45, 7) is 8.53. The first kappa shape index (κ1) is 13.2. The smallest absolute Gasteiger partial charge is 0.117 e. The van der Waals surface area contributed by atoms with Crippen molar-refractivity contribution >= 4 is 0 Å². The van der Waals surface area contributed by atoms with E-state index in [-0.39, 0.29) is 5.54 Å². The van der Waals surface area contributed by atoms with E-state index < -0.39 is 0 Å². The molecule has 0 radical (unpaired) electrons. The Hall–Kier alpha value is -0.840. The number of nitrogens with zero attached hydrogens (tertiary/aromatic N) is 2. The second kappa shape index (κ2) is 5.27. The van der Waals surface area contributed by atoms with Gasteiger partial charge in [0.25, 0.3) is 0 Å². The Labute approximate surface area is 115 Å². The predicted octanol–water partition coefficient (Wildman–Crippen LogP) is 1.52. The average molecular weight is 263 g/mol. The zero-order valence-electron chi connectivity index (χ0n) is 11.8. The molecule has 3 aliphatic heterocycles. The lowest BCUT2D eigenvalue weighted by atomic mass is 9.71. The highest BCUT2D eigenvalue weighted by Gasteiger charge is 2.49. The summed E-state index contributed by atoms with van der Waals surface area (Å²) in [4.78, 5) is 5.12. The molecule has 0 aliphatic carbocycles. The molecule has 3 aliphatic rings. The van der Waals surface area contributed by atoms with E-state index in [1.165, 1.54) is 25.9 Å². The van der Waals surface area contributed by atoms with Crippen molar-refractivity contribution in [1.82, 2.24) is 9.80 Å². The first-order valence-electron chi connectivity index (χ1n) is 7.48. The van der Waals surface area contributed by atoms with Crippen LogP contribution in [0.1, 0.15) is 25.5 Å². The number of furan rings is 1. The van der Waals surface area contributed by atoms with Crippen LogP contribution in [-0.2, 0) is 6.54 Å². The summed E-state index contributed by atoms with van der Waals surface area (Å²) < 4.78 is 5.53. The summed E-state index contributed by atoms with van der Waals surface area (Å²) in [6.07, 6.45) is 4.35. The summed E-state index contributed by atoms with van der Waals surface area (Å²) in [5, 5.41) is 0. The third-order valence-electron chi connectivity index (χ3n) is 5.14. The fourth-order valence-electron chi connectivity index (χ4n) is 4.04. The van der Waals surface area contributed by atoms with E-state index in [1.807, 2.05) is 6.07 Å². The van der Waals surface area contributed by atoms with Gasteiger partial charge in [-0.15, -0.1) is 0 Å². The van der Waals surface area contributed by atoms with Crippen molar-refractivity contribution in [3.63, 3.8) is 0 Å². The maximum atomic E-state index is 6.23. The van der Waals surface area contributed by atoms with Crippen LogP contribution in [0.2, 0.25) is 0 Å². The highest BCUT2D eigenvalue weighted by atomic mass is 16.3. The van der Waals surface area contributed by atoms with Crippen molar-refractivity contribution in [2.45, 2.75) is 31.8 Å². The van der Waals surface area contributed by atoms with Crippen molar-refractivity contribution in [2.75, 3.05) is 32.7 Å². The Morgan fingerprint density at radius 1 is 1.47 bits per heavy atom. The normalized spacial score (nSPS) is 34.1. The van der Waals surface area contributed by atoms with Crippen molar-refractivity contribution in [3.05, 3.63) is 24.2 Å². The van der Waals surface area contributed by atoms with Crippen LogP contribution >= 0.6 is 0 Å². The molecule has 2 N–H and O–H groups in total. The molecule has 4 heteroatoms. The van der Waals surface area contributed by atoms with Gasteiger partial charge in [0.15, 0.2) is 0 Å². The fraction of sp³-hybridized carbons (Fsp3) is 0.733. The van der Waals surface area contributed by atoms with Crippen molar-refractivity contribution in [3.8, 4) is 0 Å². The minimum atomic E-state index is 0.151. The molecule has 1 aromatic rings. The molecule has 0 saturated carbocycles. The van der Waals surface area contributed by atoms with Crippen LogP contribution in [-0.4, -0.2) is 48.1 Å². The monoisotopic (exact) mass is 263 g/mol. The molecular formula is C15H25N3O. The molecule has 106 valence electrons. The van der Waals surface area contributed by atoms with Crippen LogP contribution in [0.25, 0.3) is 0 Å². The van der Waals surface area contributed by atoms with E-state index in [0.29, 0.717) is 0 Å². The van der Waals surface area contributed by atoms with E-state index in [4.69, 9.17) is 10.2 Å². The Bertz CT molecular complexity index is 398. The van der Waals surface area contributed by atoms with Gasteiger partial charge in [-0.1, -0.05) is 6.92 Å². The molecule has 4 rings (SSSR count). The molecule has 4 heterocycles. The highest BCUT2D eigenvalue weighted by Crippen LogP contribution is 2.39. The van der Waals surface area contributed by atoms with Crippen molar-refractivity contribution in [2.24, 2.45) is 11.7 Å². The number of hydrogen-bond donors (Lipinski definition) is 1. The van der Waals surface area contributed by atoms with Gasteiger partial charge in [-0.25, -0.2) is 0 Å². The van der Waals surface area contributed by atoms with Crippen LogP contribution in [0.5, 0.6) is 0 Å². The summed E-state index contributed by atoms with van der Waals surface area (Å²) in [5.41, 5.74) is 6.38. The number of hydrogen-bond acceptors (Lipinski definition) is 4. The lowest BCUT2D eigenvalue weighted by molar-refractivity contribution is -0.0712. The fourth-order valence-corrected chi connectivity index (χ4v) is 4.04. The first-order valence-corrected chi connectivity index (χ1v) is 7.48. The summed E-state index contributed by atoms with van der Waals surface area (Å²) in [7, 11) is 0. The minimum Gasteiger partial charge on any atom is -0.468 e. The molecule has 0 amide bonds. The molecule has 1 unspecified atom stereocenters. The molecule has 1 aromatic heterocycles. The number of rotatable bonds is 5. The van der Waals surface area contributed by atoms with Gasteiger partial charge < -0.3 is 15.1 Å². The zero-order valence-corrected chi connectivity index (χ0v) is 11.8. The molecule has 0 aromatic carbocycles. The number of fused-ring (bicyclic) bond motifs is 3. The maximum Gasteiger partial charge on any atom is 0.117 e. The Morgan fingerprint density at radius 3 is 2.74 bits per heavy atom. The Balaban J connectivity index is 1.82. The van der Waals surface area contributed by atoms with E-state index in [0.717, 1.165) is 37.9 Å². The maximum absolute atomic E-state index is 6.23. The lowest BCUT2D eigenvalue weighted by Gasteiger charge is -2.57. The number of piperidine rings is 3. The quantitative estimate of drug-likeness (QED) is 0.875. The van der Waals surface area contributed by atoms with Gasteiger partial charge in [0.05, 0.1) is 12.8 Å². The third kappa shape index (κ3) is 2.22. The zero-order chi connectivity index (χ0) is 13.3. The van der Waals surface area contributed by atoms with Gasteiger partial charge >= 0.3 is 0 Å². The molecule has 2 bridgehead atoms. The van der Waals surface area contributed by atoms with Crippen LogP contribution in [0.4, 0.5) is 0 Å². The van der Waals surface area contributed by atoms with Crippen LogP contribution in [0, 0.1) is 5.92 Å². The van der Waals surface area contributed by atoms with Gasteiger partial charge in [-0.05, 0) is 50.5 Å². The van der Waals surface area contributed by atoms with Crippen LogP contribution in [0.15, 0.2) is 22.8 Å². The number of nitrogens with two attached hydrogens (primary N) is 1. The van der Waals surface area contributed by atoms with E-state index >= 15 is 0 Å². The standard InChI is InChI=1S/C15H25N3O/c1-2-18(10-14-4-3-9-19-14)15(11-16)12-17-7-5-13(15)6-8-17/h3-4,9,13H,2,5-8,10-12,16H2,1H3. The summed E-state index contributed by atoms with van der Waals surface area (Å²) in [6, 6.07) is 4.03. The Morgan fingerprint density at radius 2 is 2.26 bits per heavy atom. The second-order valence-electron chi connectivity index (χ2n) is 5.95. The third-order valence-corrected chi connectivity index (χ3v) is 5.14. The van der Waals surface area contributed by atoms with E-state index in [9.17, 15) is 0 Å². The molecule has 3 fully saturated rings. The van der Waals surface area contributed by atoms with Crippen molar-refractivity contribution in [1.29, 1.82) is 0 Å². The van der Waals surface area contributed by atoms with Crippen LogP contribution in [0.3, 0.4) is 0 Å². The summed E-state index contributed by atoms with van der Waals surface area (Å²) >= 11 is 0. The molecule has 19 heavy (non-hydrogen) atoms. The Kier molecular flexibility index (Phi) is 3.65. The first-order chi connectivity index (χ1) is 9.28. The molecule has 4 nitrogen and oxygen atoms in total. The van der Waals surface area contributed by atoms with Crippen LogP contribution < -0.4 is 5.73 Å². The van der Waals surface area contributed by atoms with Gasteiger partial charge in [-0.3, -0.25) is 4.90 Å². The minimum absolute atomic E-state index is 0.151. The van der Waals surface area contributed by atoms with Gasteiger partial charge in [0.1, 0.15) is 5.76 Å². The predicted molar refractivity (Wildman–Crippen MR) is 75.7 cm³/mol. The largest absolute Gasteiger partial charge is 0.468 e. The molecule has 1 atom stereocenters. The number of likely N-dealkylation sites (N-methyl/N-ethyl adjacent to an activating group) is 1. The topological polar surface area (TPSA) is 45.6 Å². The molecule has 0 spiro atoms. The lowest BCUT2D eigenvalue weighted by Crippen LogP contribution is -2.69.